The van der Waals surface area contributed by atoms with Gasteiger partial charge in [0.15, 0.2) is 0 Å². The van der Waals surface area contributed by atoms with Crippen LogP contribution in [0.5, 0.6) is 5.75 Å². The third-order valence-corrected chi connectivity index (χ3v) is 3.78. The molecule has 0 amide bonds. The van der Waals surface area contributed by atoms with Crippen LogP contribution in [-0.2, 0) is 14.3 Å². The van der Waals surface area contributed by atoms with Gasteiger partial charge in [0.2, 0.25) is 0 Å². The number of esters is 2. The average molecular weight is 322 g/mol. The molecule has 0 saturated heterocycles. The minimum Gasteiger partial charge on any atom is -0.466 e. The summed E-state index contributed by atoms with van der Waals surface area (Å²) in [6.07, 6.45) is 0.0196. The van der Waals surface area contributed by atoms with E-state index >= 15 is 0 Å². The van der Waals surface area contributed by atoms with Crippen LogP contribution >= 0.6 is 0 Å². The van der Waals surface area contributed by atoms with Gasteiger partial charge in [0.25, 0.3) is 0 Å². The van der Waals surface area contributed by atoms with Gasteiger partial charge in [0, 0.05) is 10.8 Å². The molecular weight excluding hydrogens is 304 g/mol. The van der Waals surface area contributed by atoms with Gasteiger partial charge in [-0.3, -0.25) is 9.59 Å². The lowest BCUT2D eigenvalue weighted by atomic mass is 10.0. The molecule has 24 heavy (non-hydrogen) atoms. The van der Waals surface area contributed by atoms with Crippen LogP contribution in [0, 0.1) is 0 Å². The van der Waals surface area contributed by atoms with Crippen LogP contribution in [-0.4, -0.2) is 18.5 Å². The summed E-state index contributed by atoms with van der Waals surface area (Å²) < 4.78 is 10.5. The average Bonchev–Trinajstić information content (AvgIpc) is 2.60. The van der Waals surface area contributed by atoms with E-state index in [0.29, 0.717) is 12.4 Å². The third-order valence-electron chi connectivity index (χ3n) is 3.78. The standard InChI is InChI=1S/C20H18O4/c1-2-23-18(21)11-12-19(22)24-20-16-9-5-3-7-14(16)13-15-8-4-6-10-17(15)20/h3-10,13H,2,11-12H2,1H3. The Morgan fingerprint density at radius 2 is 1.38 bits per heavy atom. The van der Waals surface area contributed by atoms with Gasteiger partial charge in [0.1, 0.15) is 5.75 Å². The molecule has 0 aliphatic heterocycles. The SMILES string of the molecule is CCOC(=O)CCC(=O)Oc1c2ccccc2cc2ccccc12. The number of hydrogen-bond acceptors (Lipinski definition) is 4. The van der Waals surface area contributed by atoms with Gasteiger partial charge < -0.3 is 9.47 Å². The molecule has 0 aliphatic rings. The maximum Gasteiger partial charge on any atom is 0.311 e. The molecule has 3 aromatic rings. The van der Waals surface area contributed by atoms with Crippen LogP contribution in [0.2, 0.25) is 0 Å². The Bertz CT molecular complexity index is 844. The summed E-state index contributed by atoms with van der Waals surface area (Å²) in [4.78, 5) is 23.6. The monoisotopic (exact) mass is 322 g/mol. The third kappa shape index (κ3) is 3.38. The van der Waals surface area contributed by atoms with Crippen molar-refractivity contribution in [2.24, 2.45) is 0 Å². The Hall–Kier alpha value is -2.88. The van der Waals surface area contributed by atoms with E-state index in [-0.39, 0.29) is 12.8 Å². The largest absolute Gasteiger partial charge is 0.466 e. The van der Waals surface area contributed by atoms with Crippen molar-refractivity contribution in [2.75, 3.05) is 6.61 Å². The van der Waals surface area contributed by atoms with E-state index in [1.165, 1.54) is 0 Å². The Labute approximate surface area is 140 Å². The summed E-state index contributed by atoms with van der Waals surface area (Å²) in [7, 11) is 0. The first-order chi connectivity index (χ1) is 11.7. The second-order valence-corrected chi connectivity index (χ2v) is 5.43. The molecule has 0 aromatic heterocycles. The summed E-state index contributed by atoms with van der Waals surface area (Å²) in [6, 6.07) is 17.6. The fourth-order valence-electron chi connectivity index (χ4n) is 2.68. The first-order valence-electron chi connectivity index (χ1n) is 7.96. The summed E-state index contributed by atoms with van der Waals surface area (Å²) in [5.41, 5.74) is 0. The molecule has 0 bridgehead atoms. The van der Waals surface area contributed by atoms with E-state index in [2.05, 4.69) is 6.07 Å². The van der Waals surface area contributed by atoms with Crippen LogP contribution < -0.4 is 4.74 Å². The van der Waals surface area contributed by atoms with Gasteiger partial charge >= 0.3 is 11.9 Å². The van der Waals surface area contributed by atoms with E-state index in [9.17, 15) is 9.59 Å². The van der Waals surface area contributed by atoms with Crippen molar-refractivity contribution in [1.82, 2.24) is 0 Å². The molecule has 0 saturated carbocycles. The number of ether oxygens (including phenoxy) is 2. The van der Waals surface area contributed by atoms with Crippen LogP contribution in [0.3, 0.4) is 0 Å². The summed E-state index contributed by atoms with van der Waals surface area (Å²) in [5, 5.41) is 3.76. The van der Waals surface area contributed by atoms with Crippen molar-refractivity contribution in [3.8, 4) is 5.75 Å². The number of hydrogen-bond donors (Lipinski definition) is 0. The van der Waals surface area contributed by atoms with Crippen molar-refractivity contribution >= 4 is 33.5 Å². The maximum atomic E-state index is 12.2. The Kier molecular flexibility index (Phi) is 4.75. The molecule has 0 atom stereocenters. The van der Waals surface area contributed by atoms with E-state index in [1.807, 2.05) is 48.5 Å². The molecule has 0 N–H and O–H groups in total. The van der Waals surface area contributed by atoms with Crippen molar-refractivity contribution in [1.29, 1.82) is 0 Å². The summed E-state index contributed by atoms with van der Waals surface area (Å²) >= 11 is 0. The molecule has 3 aromatic carbocycles. The molecule has 0 spiro atoms. The molecular formula is C20H18O4. The van der Waals surface area contributed by atoms with E-state index in [4.69, 9.17) is 9.47 Å². The lowest BCUT2D eigenvalue weighted by molar-refractivity contribution is -0.146. The highest BCUT2D eigenvalue weighted by atomic mass is 16.5. The summed E-state index contributed by atoms with van der Waals surface area (Å²) in [5.74, 6) is -0.292. The lowest BCUT2D eigenvalue weighted by Crippen LogP contribution is -2.12. The predicted molar refractivity (Wildman–Crippen MR) is 93.0 cm³/mol. The van der Waals surface area contributed by atoms with E-state index < -0.39 is 11.9 Å². The quantitative estimate of drug-likeness (QED) is 0.400. The number of rotatable bonds is 5. The zero-order valence-corrected chi connectivity index (χ0v) is 13.5. The predicted octanol–water partition coefficient (Wildman–Crippen LogP) is 4.24. The first kappa shape index (κ1) is 16.0. The van der Waals surface area contributed by atoms with Gasteiger partial charge in [-0.05, 0) is 23.8 Å². The topological polar surface area (TPSA) is 52.6 Å². The number of benzene rings is 3. The molecule has 4 heteroatoms. The highest BCUT2D eigenvalue weighted by Crippen LogP contribution is 2.35. The van der Waals surface area contributed by atoms with Gasteiger partial charge in [-0.15, -0.1) is 0 Å². The highest BCUT2D eigenvalue weighted by Gasteiger charge is 2.14. The van der Waals surface area contributed by atoms with Crippen molar-refractivity contribution in [3.05, 3.63) is 54.6 Å². The zero-order valence-electron chi connectivity index (χ0n) is 13.5. The molecule has 0 aliphatic carbocycles. The van der Waals surface area contributed by atoms with Crippen LogP contribution in [0.15, 0.2) is 54.6 Å². The van der Waals surface area contributed by atoms with Crippen LogP contribution in [0.25, 0.3) is 21.5 Å². The number of carbonyl (C=O) groups is 2. The van der Waals surface area contributed by atoms with Crippen LogP contribution in [0.4, 0.5) is 0 Å². The van der Waals surface area contributed by atoms with E-state index in [0.717, 1.165) is 21.5 Å². The molecule has 0 radical (unpaired) electrons. The van der Waals surface area contributed by atoms with Gasteiger partial charge in [-0.2, -0.15) is 0 Å². The summed E-state index contributed by atoms with van der Waals surface area (Å²) in [6.45, 7) is 2.04. The zero-order chi connectivity index (χ0) is 16.9. The molecule has 0 heterocycles. The fourth-order valence-corrected chi connectivity index (χ4v) is 2.68. The Morgan fingerprint density at radius 1 is 0.833 bits per heavy atom. The molecule has 3 rings (SSSR count). The minimum absolute atomic E-state index is 0.00359. The highest BCUT2D eigenvalue weighted by molar-refractivity contribution is 6.06. The van der Waals surface area contributed by atoms with Gasteiger partial charge in [0.05, 0.1) is 19.4 Å². The van der Waals surface area contributed by atoms with Gasteiger partial charge in [-0.1, -0.05) is 48.5 Å². The first-order valence-corrected chi connectivity index (χ1v) is 7.96. The smallest absolute Gasteiger partial charge is 0.311 e. The number of carbonyl (C=O) groups excluding carboxylic acids is 2. The normalized spacial score (nSPS) is 10.7. The maximum absolute atomic E-state index is 12.2. The molecule has 4 nitrogen and oxygen atoms in total. The van der Waals surface area contributed by atoms with Crippen molar-refractivity contribution < 1.29 is 19.1 Å². The Balaban J connectivity index is 1.92. The second-order valence-electron chi connectivity index (χ2n) is 5.43. The molecule has 122 valence electrons. The van der Waals surface area contributed by atoms with Crippen LogP contribution in [0.1, 0.15) is 19.8 Å². The van der Waals surface area contributed by atoms with Gasteiger partial charge in [-0.25, -0.2) is 0 Å². The molecule has 0 unspecified atom stereocenters. The molecule has 0 fully saturated rings. The lowest BCUT2D eigenvalue weighted by Gasteiger charge is -2.11. The number of fused-ring (bicyclic) bond motifs is 2. The second kappa shape index (κ2) is 7.13. The van der Waals surface area contributed by atoms with Crippen molar-refractivity contribution in [3.63, 3.8) is 0 Å². The Morgan fingerprint density at radius 3 is 1.96 bits per heavy atom. The van der Waals surface area contributed by atoms with Crippen molar-refractivity contribution in [2.45, 2.75) is 19.8 Å². The van der Waals surface area contributed by atoms with E-state index in [1.54, 1.807) is 6.92 Å². The fraction of sp³-hybridized carbons (Fsp3) is 0.200. The minimum atomic E-state index is -0.440.